The molecule has 132 valence electrons. The van der Waals surface area contributed by atoms with Gasteiger partial charge in [0.25, 0.3) is 5.91 Å². The Labute approximate surface area is 159 Å². The number of benzene rings is 2. The van der Waals surface area contributed by atoms with E-state index in [1.807, 2.05) is 0 Å². The number of aromatic nitrogens is 2. The van der Waals surface area contributed by atoms with E-state index in [0.717, 1.165) is 0 Å². The molecule has 0 unspecified atom stereocenters. The fourth-order valence-electron chi connectivity index (χ4n) is 2.15. The van der Waals surface area contributed by atoms with Crippen molar-refractivity contribution in [1.29, 1.82) is 0 Å². The minimum absolute atomic E-state index is 0.0524. The monoisotopic (exact) mass is 389 g/mol. The van der Waals surface area contributed by atoms with Crippen molar-refractivity contribution in [3.05, 3.63) is 70.6 Å². The zero-order valence-corrected chi connectivity index (χ0v) is 15.1. The molecule has 3 rings (SSSR count). The molecule has 0 aliphatic rings. The summed E-state index contributed by atoms with van der Waals surface area (Å²) >= 11 is 12.1. The van der Waals surface area contributed by atoms with E-state index in [-0.39, 0.29) is 17.2 Å². The molecule has 0 bridgehead atoms. The highest BCUT2D eigenvalue weighted by atomic mass is 35.5. The molecule has 1 heterocycles. The molecule has 0 saturated heterocycles. The van der Waals surface area contributed by atoms with Gasteiger partial charge in [-0.05, 0) is 24.3 Å². The molecule has 1 N–H and O–H groups in total. The summed E-state index contributed by atoms with van der Waals surface area (Å²) in [6.45, 7) is 0. The van der Waals surface area contributed by atoms with Gasteiger partial charge in [0.05, 0.1) is 17.8 Å². The Morgan fingerprint density at radius 2 is 1.92 bits per heavy atom. The number of hydrogen-bond donors (Lipinski definition) is 1. The highest BCUT2D eigenvalue weighted by Gasteiger charge is 2.18. The number of carbonyl (C=O) groups is 1. The molecule has 8 heteroatoms. The largest absolute Gasteiger partial charge is 0.495 e. The van der Waals surface area contributed by atoms with Crippen LogP contribution >= 0.6 is 23.2 Å². The average molecular weight is 390 g/mol. The Hall–Kier alpha value is -2.83. The normalized spacial score (nSPS) is 10.3. The molecule has 0 radical (unpaired) electrons. The summed E-state index contributed by atoms with van der Waals surface area (Å²) in [7, 11) is 1.52. The van der Waals surface area contributed by atoms with Gasteiger partial charge in [0.15, 0.2) is 0 Å². The van der Waals surface area contributed by atoms with E-state index in [0.29, 0.717) is 21.5 Å². The zero-order chi connectivity index (χ0) is 18.5. The Bertz CT molecular complexity index is 950. The summed E-state index contributed by atoms with van der Waals surface area (Å²) < 4.78 is 10.9. The van der Waals surface area contributed by atoms with Gasteiger partial charge < -0.3 is 14.8 Å². The number of halogens is 2. The number of methoxy groups -OCH3 is 1. The van der Waals surface area contributed by atoms with Crippen LogP contribution in [0, 0.1) is 0 Å². The van der Waals surface area contributed by atoms with Crippen LogP contribution in [-0.4, -0.2) is 23.0 Å². The molecule has 0 fully saturated rings. The van der Waals surface area contributed by atoms with Crippen molar-refractivity contribution < 1.29 is 14.3 Å². The number of para-hydroxylation sites is 2. The molecule has 0 spiro atoms. The van der Waals surface area contributed by atoms with Crippen LogP contribution in [0.1, 0.15) is 10.4 Å². The number of rotatable bonds is 5. The van der Waals surface area contributed by atoms with Crippen molar-refractivity contribution in [3.8, 4) is 17.4 Å². The Kier molecular flexibility index (Phi) is 5.55. The number of nitrogens with one attached hydrogen (secondary N) is 1. The zero-order valence-electron chi connectivity index (χ0n) is 13.6. The lowest BCUT2D eigenvalue weighted by atomic mass is 10.2. The van der Waals surface area contributed by atoms with Crippen molar-refractivity contribution in [1.82, 2.24) is 9.97 Å². The molecule has 0 saturated carbocycles. The van der Waals surface area contributed by atoms with Crippen LogP contribution in [0.3, 0.4) is 0 Å². The lowest BCUT2D eigenvalue weighted by molar-refractivity contribution is 0.102. The highest BCUT2D eigenvalue weighted by Crippen LogP contribution is 2.32. The van der Waals surface area contributed by atoms with Crippen molar-refractivity contribution >= 4 is 34.8 Å². The molecule has 6 nitrogen and oxygen atoms in total. The van der Waals surface area contributed by atoms with Crippen LogP contribution in [0.2, 0.25) is 10.0 Å². The number of ether oxygens (including phenoxy) is 2. The minimum atomic E-state index is -0.455. The van der Waals surface area contributed by atoms with E-state index in [9.17, 15) is 4.79 Å². The minimum Gasteiger partial charge on any atom is -0.495 e. The summed E-state index contributed by atoms with van der Waals surface area (Å²) in [5, 5.41) is 3.53. The van der Waals surface area contributed by atoms with Crippen LogP contribution in [0.5, 0.6) is 17.4 Å². The second kappa shape index (κ2) is 8.03. The van der Waals surface area contributed by atoms with Crippen LogP contribution in [-0.2, 0) is 0 Å². The van der Waals surface area contributed by atoms with Crippen molar-refractivity contribution in [2.75, 3.05) is 12.4 Å². The van der Waals surface area contributed by atoms with Crippen LogP contribution in [0.15, 0.2) is 55.0 Å². The standard InChI is InChI=1S/C18H13Cl2N3O3/c1-25-15-5-3-2-4-14(15)23-17(24)12-9-21-10-22-18(12)26-16-8-11(19)6-7-13(16)20/h2-10H,1H3,(H,23,24). The second-order valence-corrected chi connectivity index (χ2v) is 5.92. The first-order valence-corrected chi connectivity index (χ1v) is 8.21. The van der Waals surface area contributed by atoms with Gasteiger partial charge in [-0.3, -0.25) is 4.79 Å². The van der Waals surface area contributed by atoms with E-state index in [1.165, 1.54) is 25.7 Å². The van der Waals surface area contributed by atoms with Crippen LogP contribution < -0.4 is 14.8 Å². The molecular formula is C18H13Cl2N3O3. The maximum atomic E-state index is 12.7. The molecule has 0 atom stereocenters. The third-order valence-electron chi connectivity index (χ3n) is 3.38. The molecule has 3 aromatic rings. The second-order valence-electron chi connectivity index (χ2n) is 5.07. The van der Waals surface area contributed by atoms with Crippen LogP contribution in [0.25, 0.3) is 0 Å². The van der Waals surface area contributed by atoms with Gasteiger partial charge in [-0.2, -0.15) is 0 Å². The molecule has 0 aliphatic heterocycles. The fraction of sp³-hybridized carbons (Fsp3) is 0.0556. The van der Waals surface area contributed by atoms with Gasteiger partial charge in [-0.25, -0.2) is 9.97 Å². The van der Waals surface area contributed by atoms with Gasteiger partial charge >= 0.3 is 0 Å². The van der Waals surface area contributed by atoms with Crippen molar-refractivity contribution in [2.45, 2.75) is 0 Å². The fourth-order valence-corrected chi connectivity index (χ4v) is 2.47. The van der Waals surface area contributed by atoms with E-state index in [4.69, 9.17) is 32.7 Å². The highest BCUT2D eigenvalue weighted by molar-refractivity contribution is 6.34. The lowest BCUT2D eigenvalue weighted by Gasteiger charge is -2.12. The van der Waals surface area contributed by atoms with E-state index in [2.05, 4.69) is 15.3 Å². The summed E-state index contributed by atoms with van der Waals surface area (Å²) in [6.07, 6.45) is 2.62. The molecule has 26 heavy (non-hydrogen) atoms. The molecular weight excluding hydrogens is 377 g/mol. The van der Waals surface area contributed by atoms with Gasteiger partial charge in [-0.15, -0.1) is 0 Å². The lowest BCUT2D eigenvalue weighted by Crippen LogP contribution is -2.14. The SMILES string of the molecule is COc1ccccc1NC(=O)c1cncnc1Oc1cc(Cl)ccc1Cl. The number of amides is 1. The first-order chi connectivity index (χ1) is 12.6. The van der Waals surface area contributed by atoms with Gasteiger partial charge in [0, 0.05) is 17.3 Å². The van der Waals surface area contributed by atoms with Gasteiger partial charge in [0.1, 0.15) is 23.4 Å². The molecule has 1 aromatic heterocycles. The Morgan fingerprint density at radius 3 is 2.73 bits per heavy atom. The number of anilines is 1. The average Bonchev–Trinajstić information content (AvgIpc) is 2.65. The van der Waals surface area contributed by atoms with E-state index in [1.54, 1.807) is 36.4 Å². The quantitative estimate of drug-likeness (QED) is 0.675. The molecule has 0 aliphatic carbocycles. The summed E-state index contributed by atoms with van der Waals surface area (Å²) in [6, 6.07) is 11.8. The Morgan fingerprint density at radius 1 is 1.12 bits per heavy atom. The van der Waals surface area contributed by atoms with E-state index >= 15 is 0 Å². The first-order valence-electron chi connectivity index (χ1n) is 7.45. The predicted molar refractivity (Wildman–Crippen MR) is 99.5 cm³/mol. The van der Waals surface area contributed by atoms with Crippen molar-refractivity contribution in [3.63, 3.8) is 0 Å². The maximum absolute atomic E-state index is 12.7. The smallest absolute Gasteiger partial charge is 0.262 e. The topological polar surface area (TPSA) is 73.3 Å². The van der Waals surface area contributed by atoms with Gasteiger partial charge in [0.2, 0.25) is 5.88 Å². The Balaban J connectivity index is 1.89. The molecule has 1 amide bonds. The van der Waals surface area contributed by atoms with Gasteiger partial charge in [-0.1, -0.05) is 35.3 Å². The number of carbonyl (C=O) groups excluding carboxylic acids is 1. The number of nitrogens with zero attached hydrogens (tertiary/aromatic N) is 2. The first kappa shape index (κ1) is 18.0. The summed E-state index contributed by atoms with van der Waals surface area (Å²) in [5.74, 6) is 0.405. The number of hydrogen-bond acceptors (Lipinski definition) is 5. The van der Waals surface area contributed by atoms with E-state index < -0.39 is 5.91 Å². The predicted octanol–water partition coefficient (Wildman–Crippen LogP) is 4.84. The molecule has 2 aromatic carbocycles. The third kappa shape index (κ3) is 4.04. The summed E-state index contributed by atoms with van der Waals surface area (Å²) in [4.78, 5) is 20.6. The third-order valence-corrected chi connectivity index (χ3v) is 3.92. The van der Waals surface area contributed by atoms with Crippen LogP contribution in [0.4, 0.5) is 5.69 Å². The maximum Gasteiger partial charge on any atom is 0.262 e. The summed E-state index contributed by atoms with van der Waals surface area (Å²) in [5.41, 5.74) is 0.644. The van der Waals surface area contributed by atoms with Crippen molar-refractivity contribution in [2.24, 2.45) is 0 Å².